The molecule has 3 nitrogen and oxygen atoms in total. The summed E-state index contributed by atoms with van der Waals surface area (Å²) in [7, 11) is 0. The van der Waals surface area contributed by atoms with Crippen molar-refractivity contribution < 1.29 is 4.74 Å². The number of nitrogens with two attached hydrogens (primary N) is 1. The number of aromatic nitrogens is 1. The van der Waals surface area contributed by atoms with Crippen LogP contribution < -0.4 is 10.5 Å². The van der Waals surface area contributed by atoms with E-state index in [2.05, 4.69) is 30.3 Å². The Hall–Kier alpha value is -1.39. The Kier molecular flexibility index (Phi) is 5.15. The van der Waals surface area contributed by atoms with Crippen molar-refractivity contribution in [2.75, 3.05) is 0 Å². The molecule has 2 rings (SSSR count). The maximum Gasteiger partial charge on any atom is 0.131 e. The van der Waals surface area contributed by atoms with Crippen molar-refractivity contribution in [3.8, 4) is 5.75 Å². The molecule has 1 heterocycles. The Morgan fingerprint density at radius 2 is 2.20 bits per heavy atom. The Balaban J connectivity index is 2.06. The zero-order chi connectivity index (χ0) is 14.5. The summed E-state index contributed by atoms with van der Waals surface area (Å²) in [5, 5.41) is 3.26. The molecule has 0 aliphatic rings. The molecule has 0 fully saturated rings. The molecule has 0 amide bonds. The maximum atomic E-state index is 6.00. The molecule has 0 saturated carbocycles. The zero-order valence-electron chi connectivity index (χ0n) is 12.3. The van der Waals surface area contributed by atoms with Crippen molar-refractivity contribution in [1.82, 2.24) is 4.98 Å². The lowest BCUT2D eigenvalue weighted by Crippen LogP contribution is -2.08. The van der Waals surface area contributed by atoms with Gasteiger partial charge >= 0.3 is 0 Å². The minimum atomic E-state index is -0.0315. The zero-order valence-corrected chi connectivity index (χ0v) is 13.2. The molecule has 1 aromatic carbocycles. The number of ether oxygens (including phenoxy) is 1. The molecular formula is C16H22N2OS. The predicted molar refractivity (Wildman–Crippen MR) is 84.2 cm³/mol. The lowest BCUT2D eigenvalue weighted by atomic mass is 10.1. The molecule has 0 aliphatic carbocycles. The van der Waals surface area contributed by atoms with Crippen LogP contribution in [0, 0.1) is 6.92 Å². The molecule has 2 N–H and O–H groups in total. The van der Waals surface area contributed by atoms with Crippen LogP contribution >= 0.6 is 11.3 Å². The molecule has 0 saturated heterocycles. The average molecular weight is 290 g/mol. The van der Waals surface area contributed by atoms with Crippen molar-refractivity contribution in [2.45, 2.75) is 46.3 Å². The number of hydrogen-bond donors (Lipinski definition) is 1. The van der Waals surface area contributed by atoms with Gasteiger partial charge < -0.3 is 10.5 Å². The van der Waals surface area contributed by atoms with Crippen molar-refractivity contribution >= 4 is 11.3 Å². The smallest absolute Gasteiger partial charge is 0.131 e. The van der Waals surface area contributed by atoms with Gasteiger partial charge in [-0.25, -0.2) is 4.98 Å². The van der Waals surface area contributed by atoms with E-state index in [0.717, 1.165) is 29.8 Å². The van der Waals surface area contributed by atoms with Gasteiger partial charge in [0, 0.05) is 17.0 Å². The van der Waals surface area contributed by atoms with E-state index in [9.17, 15) is 0 Å². The van der Waals surface area contributed by atoms with Crippen LogP contribution in [-0.2, 0) is 13.0 Å². The van der Waals surface area contributed by atoms with E-state index in [-0.39, 0.29) is 6.04 Å². The number of aryl methyl sites for hydroxylation is 2. The molecule has 1 aromatic heterocycles. The predicted octanol–water partition coefficient (Wildman–Crippen LogP) is 4.00. The van der Waals surface area contributed by atoms with Gasteiger partial charge in [-0.2, -0.15) is 0 Å². The van der Waals surface area contributed by atoms with Crippen molar-refractivity contribution in [3.63, 3.8) is 0 Å². The van der Waals surface area contributed by atoms with E-state index >= 15 is 0 Å². The molecule has 0 bridgehead atoms. The van der Waals surface area contributed by atoms with E-state index in [4.69, 9.17) is 10.5 Å². The highest BCUT2D eigenvalue weighted by atomic mass is 32.1. The fourth-order valence-electron chi connectivity index (χ4n) is 2.05. The van der Waals surface area contributed by atoms with Crippen LogP contribution in [0.2, 0.25) is 0 Å². The summed E-state index contributed by atoms with van der Waals surface area (Å²) < 4.78 is 5.90. The van der Waals surface area contributed by atoms with Crippen LogP contribution in [0.4, 0.5) is 0 Å². The van der Waals surface area contributed by atoms with Crippen molar-refractivity contribution in [3.05, 3.63) is 45.4 Å². The van der Waals surface area contributed by atoms with Gasteiger partial charge in [0.05, 0.1) is 10.7 Å². The summed E-state index contributed by atoms with van der Waals surface area (Å²) >= 11 is 1.71. The lowest BCUT2D eigenvalue weighted by molar-refractivity contribution is 0.297. The first-order valence-corrected chi connectivity index (χ1v) is 7.90. The first kappa shape index (κ1) is 15.0. The van der Waals surface area contributed by atoms with Gasteiger partial charge in [0.25, 0.3) is 0 Å². The van der Waals surface area contributed by atoms with E-state index in [0.29, 0.717) is 6.61 Å². The molecule has 1 atom stereocenters. The van der Waals surface area contributed by atoms with Gasteiger partial charge in [-0.15, -0.1) is 11.3 Å². The second-order valence-electron chi connectivity index (χ2n) is 5.10. The van der Waals surface area contributed by atoms with E-state index in [1.54, 1.807) is 11.3 Å². The molecular weight excluding hydrogens is 268 g/mol. The van der Waals surface area contributed by atoms with Crippen LogP contribution in [0.3, 0.4) is 0 Å². The molecule has 0 radical (unpaired) electrons. The highest BCUT2D eigenvalue weighted by Crippen LogP contribution is 2.26. The van der Waals surface area contributed by atoms with Gasteiger partial charge in [0.2, 0.25) is 0 Å². The highest BCUT2D eigenvalue weighted by Gasteiger charge is 2.09. The van der Waals surface area contributed by atoms with Gasteiger partial charge in [0.15, 0.2) is 0 Å². The Bertz CT molecular complexity index is 563. The SMILES string of the molecule is CCCc1nc(COc2ccc(C)cc2[C@H](C)N)cs1. The second kappa shape index (κ2) is 6.86. The van der Waals surface area contributed by atoms with Crippen molar-refractivity contribution in [1.29, 1.82) is 0 Å². The average Bonchev–Trinajstić information content (AvgIpc) is 2.85. The third-order valence-corrected chi connectivity index (χ3v) is 4.05. The number of nitrogens with zero attached hydrogens (tertiary/aromatic N) is 1. The third kappa shape index (κ3) is 3.81. The monoisotopic (exact) mass is 290 g/mol. The van der Waals surface area contributed by atoms with Gasteiger partial charge in [0.1, 0.15) is 12.4 Å². The molecule has 108 valence electrons. The van der Waals surface area contributed by atoms with Crippen LogP contribution in [0.1, 0.15) is 48.1 Å². The summed E-state index contributed by atoms with van der Waals surface area (Å²) in [5.41, 5.74) is 9.25. The molecule has 2 aromatic rings. The van der Waals surface area contributed by atoms with E-state index < -0.39 is 0 Å². The van der Waals surface area contributed by atoms with Crippen LogP contribution in [0.25, 0.3) is 0 Å². The fraction of sp³-hybridized carbons (Fsp3) is 0.438. The van der Waals surface area contributed by atoms with Crippen LogP contribution in [-0.4, -0.2) is 4.98 Å². The van der Waals surface area contributed by atoms with Gasteiger partial charge in [-0.05, 0) is 32.8 Å². The summed E-state index contributed by atoms with van der Waals surface area (Å²) in [6, 6.07) is 6.10. The minimum absolute atomic E-state index is 0.0315. The maximum absolute atomic E-state index is 6.00. The summed E-state index contributed by atoms with van der Waals surface area (Å²) in [6.45, 7) is 6.71. The Morgan fingerprint density at radius 1 is 1.40 bits per heavy atom. The van der Waals surface area contributed by atoms with Crippen LogP contribution in [0.15, 0.2) is 23.6 Å². The third-order valence-electron chi connectivity index (χ3n) is 3.09. The first-order chi connectivity index (χ1) is 9.60. The number of thiazole rings is 1. The summed E-state index contributed by atoms with van der Waals surface area (Å²) in [4.78, 5) is 4.57. The Morgan fingerprint density at radius 3 is 2.90 bits per heavy atom. The second-order valence-corrected chi connectivity index (χ2v) is 6.04. The van der Waals surface area contributed by atoms with Crippen molar-refractivity contribution in [2.24, 2.45) is 5.73 Å². The fourth-order valence-corrected chi connectivity index (χ4v) is 2.94. The first-order valence-electron chi connectivity index (χ1n) is 7.02. The van der Waals surface area contributed by atoms with E-state index in [1.807, 2.05) is 19.1 Å². The molecule has 0 aliphatic heterocycles. The number of hydrogen-bond acceptors (Lipinski definition) is 4. The normalized spacial score (nSPS) is 12.4. The topological polar surface area (TPSA) is 48.1 Å². The largest absolute Gasteiger partial charge is 0.487 e. The number of rotatable bonds is 6. The summed E-state index contributed by atoms with van der Waals surface area (Å²) in [5.74, 6) is 0.857. The van der Waals surface area contributed by atoms with Gasteiger partial charge in [-0.3, -0.25) is 0 Å². The lowest BCUT2D eigenvalue weighted by Gasteiger charge is -2.14. The molecule has 20 heavy (non-hydrogen) atoms. The Labute approximate surface area is 124 Å². The standard InChI is InChI=1S/C16H22N2OS/c1-4-5-16-18-13(10-20-16)9-19-15-7-6-11(2)8-14(15)12(3)17/h6-8,10,12H,4-5,9,17H2,1-3H3/t12-/m0/s1. The highest BCUT2D eigenvalue weighted by molar-refractivity contribution is 7.09. The molecule has 0 spiro atoms. The van der Waals surface area contributed by atoms with Gasteiger partial charge in [-0.1, -0.05) is 24.6 Å². The molecule has 0 unspecified atom stereocenters. The quantitative estimate of drug-likeness (QED) is 0.874. The van der Waals surface area contributed by atoms with Crippen LogP contribution in [0.5, 0.6) is 5.75 Å². The minimum Gasteiger partial charge on any atom is -0.487 e. The summed E-state index contributed by atoms with van der Waals surface area (Å²) in [6.07, 6.45) is 2.17. The number of benzene rings is 1. The molecule has 4 heteroatoms. The van der Waals surface area contributed by atoms with E-state index in [1.165, 1.54) is 10.6 Å².